The third-order valence-corrected chi connectivity index (χ3v) is 4.90. The molecule has 0 bridgehead atoms. The Morgan fingerprint density at radius 1 is 1.13 bits per heavy atom. The van der Waals surface area contributed by atoms with E-state index in [1.807, 2.05) is 25.2 Å². The molecule has 1 N–H and O–H groups in total. The number of nitrogens with zero attached hydrogens (tertiary/aromatic N) is 4. The summed E-state index contributed by atoms with van der Waals surface area (Å²) in [5.74, 6) is -0.140. The number of aryl methyl sites for hydroxylation is 1. The molecule has 0 unspecified atom stereocenters. The Labute approximate surface area is 170 Å². The SMILES string of the molecule is CN1C(=O)/C(=C/c2ccc3c(cnn3C)c2)N=C1NCc1ccccc1C(F)(F)F. The molecule has 30 heavy (non-hydrogen) atoms. The molecule has 1 amide bonds. The van der Waals surface area contributed by atoms with Gasteiger partial charge < -0.3 is 5.32 Å². The Morgan fingerprint density at radius 3 is 2.67 bits per heavy atom. The Kier molecular flexibility index (Phi) is 4.81. The Bertz CT molecular complexity index is 1190. The molecule has 4 rings (SSSR count). The number of carbonyl (C=O) groups is 1. The molecule has 0 saturated carbocycles. The number of guanidine groups is 1. The molecule has 2 aromatic carbocycles. The number of halogens is 3. The molecule has 0 radical (unpaired) electrons. The molecule has 2 heterocycles. The van der Waals surface area contributed by atoms with Crippen LogP contribution in [0.2, 0.25) is 0 Å². The van der Waals surface area contributed by atoms with Crippen LogP contribution in [0, 0.1) is 0 Å². The van der Waals surface area contributed by atoms with E-state index < -0.39 is 11.7 Å². The molecule has 0 spiro atoms. The van der Waals surface area contributed by atoms with E-state index >= 15 is 0 Å². The van der Waals surface area contributed by atoms with E-state index in [0.29, 0.717) is 0 Å². The maximum Gasteiger partial charge on any atom is 0.416 e. The van der Waals surface area contributed by atoms with E-state index in [0.717, 1.165) is 22.5 Å². The quantitative estimate of drug-likeness (QED) is 0.668. The van der Waals surface area contributed by atoms with Gasteiger partial charge in [-0.25, -0.2) is 4.99 Å². The van der Waals surface area contributed by atoms with Crippen LogP contribution >= 0.6 is 0 Å². The van der Waals surface area contributed by atoms with Crippen molar-refractivity contribution in [2.24, 2.45) is 12.0 Å². The number of hydrogen-bond acceptors (Lipinski definition) is 4. The summed E-state index contributed by atoms with van der Waals surface area (Å²) in [4.78, 5) is 18.1. The highest BCUT2D eigenvalue weighted by molar-refractivity contribution is 6.13. The van der Waals surface area contributed by atoms with Crippen molar-refractivity contribution in [1.29, 1.82) is 0 Å². The van der Waals surface area contributed by atoms with Gasteiger partial charge in [0.25, 0.3) is 5.91 Å². The minimum Gasteiger partial charge on any atom is -0.351 e. The predicted molar refractivity (Wildman–Crippen MR) is 107 cm³/mol. The second-order valence-electron chi connectivity index (χ2n) is 6.92. The van der Waals surface area contributed by atoms with Crippen molar-refractivity contribution in [3.05, 3.63) is 71.0 Å². The van der Waals surface area contributed by atoms with Crippen LogP contribution in [0.1, 0.15) is 16.7 Å². The lowest BCUT2D eigenvalue weighted by molar-refractivity contribution is -0.138. The smallest absolute Gasteiger partial charge is 0.351 e. The predicted octanol–water partition coefficient (Wildman–Crippen LogP) is 3.55. The van der Waals surface area contributed by atoms with E-state index in [9.17, 15) is 18.0 Å². The standard InChI is InChI=1S/C21H18F3N5O/c1-28-19(30)17(10-13-7-8-18-15(9-13)12-26-29(18)2)27-20(28)25-11-14-5-3-4-6-16(14)21(22,23)24/h3-10,12H,11H2,1-2H3,(H,25,27)/b17-10-. The summed E-state index contributed by atoms with van der Waals surface area (Å²) in [6.45, 7) is -0.110. The largest absolute Gasteiger partial charge is 0.416 e. The average Bonchev–Trinajstić information content (AvgIpc) is 3.20. The maximum absolute atomic E-state index is 13.2. The molecule has 6 nitrogen and oxygen atoms in total. The van der Waals surface area contributed by atoms with Crippen molar-refractivity contribution in [3.8, 4) is 0 Å². The number of aliphatic imine (C=N–C) groups is 1. The van der Waals surface area contributed by atoms with Gasteiger partial charge in [-0.3, -0.25) is 14.4 Å². The van der Waals surface area contributed by atoms with Crippen molar-refractivity contribution >= 4 is 28.8 Å². The van der Waals surface area contributed by atoms with Crippen LogP contribution in [0.4, 0.5) is 13.2 Å². The molecule has 3 aromatic rings. The molecule has 1 aliphatic rings. The number of amides is 1. The van der Waals surface area contributed by atoms with Crippen LogP contribution in [0.25, 0.3) is 17.0 Å². The van der Waals surface area contributed by atoms with Crippen molar-refractivity contribution < 1.29 is 18.0 Å². The third kappa shape index (κ3) is 3.66. The summed E-state index contributed by atoms with van der Waals surface area (Å²) in [5.41, 5.74) is 1.30. The summed E-state index contributed by atoms with van der Waals surface area (Å²) in [5, 5.41) is 7.96. The van der Waals surface area contributed by atoms with Crippen LogP contribution in [0.5, 0.6) is 0 Å². The fraction of sp³-hybridized carbons (Fsp3) is 0.190. The first-order chi connectivity index (χ1) is 14.2. The Morgan fingerprint density at radius 2 is 1.90 bits per heavy atom. The molecule has 154 valence electrons. The zero-order valence-corrected chi connectivity index (χ0v) is 16.2. The molecule has 0 aliphatic carbocycles. The van der Waals surface area contributed by atoms with Crippen molar-refractivity contribution in [1.82, 2.24) is 20.0 Å². The number of rotatable bonds is 3. The van der Waals surface area contributed by atoms with Gasteiger partial charge in [0.05, 0.1) is 17.3 Å². The van der Waals surface area contributed by atoms with E-state index in [1.165, 1.54) is 30.1 Å². The lowest BCUT2D eigenvalue weighted by Crippen LogP contribution is -2.37. The van der Waals surface area contributed by atoms with E-state index in [4.69, 9.17) is 0 Å². The molecule has 1 aromatic heterocycles. The summed E-state index contributed by atoms with van der Waals surface area (Å²) in [7, 11) is 3.37. The van der Waals surface area contributed by atoms with Gasteiger partial charge in [-0.1, -0.05) is 24.3 Å². The number of carbonyl (C=O) groups excluding carboxylic acids is 1. The highest BCUT2D eigenvalue weighted by atomic mass is 19.4. The van der Waals surface area contributed by atoms with Crippen LogP contribution in [0.15, 0.2) is 59.4 Å². The lowest BCUT2D eigenvalue weighted by Gasteiger charge is -2.16. The maximum atomic E-state index is 13.2. The lowest BCUT2D eigenvalue weighted by atomic mass is 10.1. The molecular weight excluding hydrogens is 395 g/mol. The van der Waals surface area contributed by atoms with Gasteiger partial charge in [0.1, 0.15) is 5.70 Å². The van der Waals surface area contributed by atoms with Gasteiger partial charge in [-0.2, -0.15) is 18.3 Å². The average molecular weight is 413 g/mol. The Balaban J connectivity index is 1.57. The molecule has 0 saturated heterocycles. The van der Waals surface area contributed by atoms with Crippen LogP contribution in [0.3, 0.4) is 0 Å². The first-order valence-corrected chi connectivity index (χ1v) is 9.13. The highest BCUT2D eigenvalue weighted by Crippen LogP contribution is 2.31. The molecule has 0 atom stereocenters. The number of alkyl halides is 3. The van der Waals surface area contributed by atoms with Crippen LogP contribution in [-0.2, 0) is 24.6 Å². The third-order valence-electron chi connectivity index (χ3n) is 4.90. The number of nitrogens with one attached hydrogen (secondary N) is 1. The molecule has 9 heteroatoms. The monoisotopic (exact) mass is 413 g/mol. The zero-order valence-electron chi connectivity index (χ0n) is 16.2. The number of fused-ring (bicyclic) bond motifs is 1. The minimum absolute atomic E-state index is 0.0769. The van der Waals surface area contributed by atoms with Gasteiger partial charge in [0.2, 0.25) is 5.96 Å². The second-order valence-corrected chi connectivity index (χ2v) is 6.92. The minimum atomic E-state index is -4.45. The van der Waals surface area contributed by atoms with Gasteiger partial charge in [-0.15, -0.1) is 0 Å². The van der Waals surface area contributed by atoms with Crippen LogP contribution in [-0.4, -0.2) is 33.6 Å². The fourth-order valence-corrected chi connectivity index (χ4v) is 3.31. The molecular formula is C21H18F3N5O. The van der Waals surface area contributed by atoms with E-state index in [1.54, 1.807) is 17.0 Å². The number of aromatic nitrogens is 2. The van der Waals surface area contributed by atoms with E-state index in [-0.39, 0.29) is 29.7 Å². The van der Waals surface area contributed by atoms with Crippen molar-refractivity contribution in [2.45, 2.75) is 12.7 Å². The van der Waals surface area contributed by atoms with E-state index in [2.05, 4.69) is 15.4 Å². The number of benzene rings is 2. The summed E-state index contributed by atoms with van der Waals surface area (Å²) in [6.07, 6.45) is -1.08. The first-order valence-electron chi connectivity index (χ1n) is 9.13. The summed E-state index contributed by atoms with van der Waals surface area (Å²) >= 11 is 0. The van der Waals surface area contributed by atoms with Crippen molar-refractivity contribution in [2.75, 3.05) is 7.05 Å². The topological polar surface area (TPSA) is 62.5 Å². The molecule has 0 fully saturated rings. The first kappa shape index (κ1) is 19.7. The van der Waals surface area contributed by atoms with Gasteiger partial charge in [-0.05, 0) is 35.4 Å². The second kappa shape index (κ2) is 7.33. The molecule has 1 aliphatic heterocycles. The zero-order chi connectivity index (χ0) is 21.5. The van der Waals surface area contributed by atoms with Crippen molar-refractivity contribution in [3.63, 3.8) is 0 Å². The fourth-order valence-electron chi connectivity index (χ4n) is 3.31. The van der Waals surface area contributed by atoms with Gasteiger partial charge in [0.15, 0.2) is 0 Å². The number of likely N-dealkylation sites (N-methyl/N-ethyl adjacent to an activating group) is 1. The number of hydrogen-bond donors (Lipinski definition) is 1. The van der Waals surface area contributed by atoms with Crippen LogP contribution < -0.4 is 5.32 Å². The van der Waals surface area contributed by atoms with Gasteiger partial charge >= 0.3 is 6.18 Å². The highest BCUT2D eigenvalue weighted by Gasteiger charge is 2.33. The summed E-state index contributed by atoms with van der Waals surface area (Å²) < 4.78 is 41.3. The van der Waals surface area contributed by atoms with Gasteiger partial charge in [0, 0.05) is 26.0 Å². The Hall–Kier alpha value is -3.62. The normalized spacial score (nSPS) is 15.9. The summed E-state index contributed by atoms with van der Waals surface area (Å²) in [6, 6.07) is 10.9.